The Bertz CT molecular complexity index is 762. The number of carbonyl (C=O) groups excluding carboxylic acids is 2. The van der Waals surface area contributed by atoms with Crippen molar-refractivity contribution in [3.8, 4) is 5.75 Å². The van der Waals surface area contributed by atoms with Gasteiger partial charge in [0.1, 0.15) is 5.69 Å². The van der Waals surface area contributed by atoms with E-state index in [4.69, 9.17) is 10.5 Å². The summed E-state index contributed by atoms with van der Waals surface area (Å²) in [6, 6.07) is 7.13. The van der Waals surface area contributed by atoms with Crippen LogP contribution in [0.3, 0.4) is 0 Å². The van der Waals surface area contributed by atoms with Crippen molar-refractivity contribution in [3.05, 3.63) is 58.7 Å². The van der Waals surface area contributed by atoms with E-state index in [0.717, 1.165) is 0 Å². The van der Waals surface area contributed by atoms with Crippen molar-refractivity contribution < 1.29 is 18.7 Å². The fourth-order valence-electron chi connectivity index (χ4n) is 2.01. The molecule has 120 valence electrons. The molecule has 3 N–H and O–H groups in total. The van der Waals surface area contributed by atoms with Crippen molar-refractivity contribution in [1.29, 1.82) is 0 Å². The van der Waals surface area contributed by atoms with Gasteiger partial charge in [-0.15, -0.1) is 0 Å². The van der Waals surface area contributed by atoms with Crippen LogP contribution in [0, 0.1) is 12.7 Å². The number of halogens is 1. The number of carbonyl (C=O) groups is 2. The van der Waals surface area contributed by atoms with Crippen LogP contribution < -0.4 is 15.8 Å². The van der Waals surface area contributed by atoms with E-state index in [-0.39, 0.29) is 23.6 Å². The molecule has 2 amide bonds. The number of hydrogen-bond donors (Lipinski definition) is 2. The minimum absolute atomic E-state index is 0.0906. The van der Waals surface area contributed by atoms with Gasteiger partial charge < -0.3 is 15.8 Å². The third-order valence-corrected chi connectivity index (χ3v) is 3.14. The normalized spacial score (nSPS) is 10.2. The lowest BCUT2D eigenvalue weighted by atomic mass is 10.1. The topological polar surface area (TPSA) is 94.3 Å². The molecule has 0 spiro atoms. The molecule has 1 aromatic heterocycles. The Balaban J connectivity index is 2.12. The standard InChI is InChI=1S/C16H16FN3O3/c1-9-5-11(15(18)21)7-13(20-9)16(22)19-8-10-3-4-12(17)14(6-10)23-2/h3-7H,8H2,1-2H3,(H2,18,21)(H,19,22). The summed E-state index contributed by atoms with van der Waals surface area (Å²) in [5.41, 5.74) is 6.69. The first-order chi connectivity index (χ1) is 10.9. The molecule has 0 saturated heterocycles. The number of rotatable bonds is 5. The molecule has 0 aliphatic carbocycles. The lowest BCUT2D eigenvalue weighted by Crippen LogP contribution is -2.25. The average Bonchev–Trinajstić information content (AvgIpc) is 2.53. The molecule has 23 heavy (non-hydrogen) atoms. The maximum atomic E-state index is 13.3. The summed E-state index contributed by atoms with van der Waals surface area (Å²) < 4.78 is 18.2. The molecule has 0 atom stereocenters. The number of nitrogens with zero attached hydrogens (tertiary/aromatic N) is 1. The van der Waals surface area contributed by atoms with Crippen LogP contribution in [-0.4, -0.2) is 23.9 Å². The molecule has 0 bridgehead atoms. The second kappa shape index (κ2) is 6.87. The molecule has 0 unspecified atom stereocenters. The van der Waals surface area contributed by atoms with E-state index in [1.165, 1.54) is 37.4 Å². The summed E-state index contributed by atoms with van der Waals surface area (Å²) in [7, 11) is 1.36. The molecular weight excluding hydrogens is 301 g/mol. The zero-order chi connectivity index (χ0) is 17.0. The summed E-state index contributed by atoms with van der Waals surface area (Å²) in [6.07, 6.45) is 0. The first-order valence-corrected chi connectivity index (χ1v) is 6.80. The van der Waals surface area contributed by atoms with Gasteiger partial charge in [0, 0.05) is 17.8 Å². The molecule has 6 nitrogen and oxygen atoms in total. The molecule has 1 heterocycles. The highest BCUT2D eigenvalue weighted by atomic mass is 19.1. The van der Waals surface area contributed by atoms with Crippen LogP contribution in [0.5, 0.6) is 5.75 Å². The van der Waals surface area contributed by atoms with Gasteiger partial charge in [-0.05, 0) is 36.8 Å². The van der Waals surface area contributed by atoms with Gasteiger partial charge in [-0.25, -0.2) is 9.37 Å². The second-order valence-corrected chi connectivity index (χ2v) is 4.90. The highest BCUT2D eigenvalue weighted by molar-refractivity contribution is 5.97. The molecule has 1 aromatic carbocycles. The highest BCUT2D eigenvalue weighted by Gasteiger charge is 2.12. The number of ether oxygens (including phenoxy) is 1. The van der Waals surface area contributed by atoms with E-state index in [0.29, 0.717) is 11.3 Å². The summed E-state index contributed by atoms with van der Waals surface area (Å²) in [5.74, 6) is -1.47. The molecule has 0 saturated carbocycles. The second-order valence-electron chi connectivity index (χ2n) is 4.90. The zero-order valence-corrected chi connectivity index (χ0v) is 12.7. The van der Waals surface area contributed by atoms with Gasteiger partial charge in [-0.3, -0.25) is 9.59 Å². The van der Waals surface area contributed by atoms with Gasteiger partial charge in [-0.2, -0.15) is 0 Å². The number of nitrogens with two attached hydrogens (primary N) is 1. The molecule has 0 aliphatic heterocycles. The van der Waals surface area contributed by atoms with E-state index in [9.17, 15) is 14.0 Å². The molecule has 0 fully saturated rings. The number of amides is 2. The molecule has 0 aliphatic rings. The van der Waals surface area contributed by atoms with Crippen molar-refractivity contribution in [1.82, 2.24) is 10.3 Å². The van der Waals surface area contributed by atoms with Crippen LogP contribution >= 0.6 is 0 Å². The van der Waals surface area contributed by atoms with E-state index < -0.39 is 17.6 Å². The molecule has 7 heteroatoms. The molecule has 2 rings (SSSR count). The van der Waals surface area contributed by atoms with E-state index >= 15 is 0 Å². The van der Waals surface area contributed by atoms with Crippen molar-refractivity contribution >= 4 is 11.8 Å². The number of pyridine rings is 1. The van der Waals surface area contributed by atoms with Gasteiger partial charge in [0.2, 0.25) is 5.91 Å². The molecule has 0 radical (unpaired) electrons. The third kappa shape index (κ3) is 4.03. The Hall–Kier alpha value is -2.96. The van der Waals surface area contributed by atoms with E-state index in [1.54, 1.807) is 6.92 Å². The van der Waals surface area contributed by atoms with Crippen molar-refractivity contribution in [2.45, 2.75) is 13.5 Å². The van der Waals surface area contributed by atoms with Crippen LogP contribution in [0.4, 0.5) is 4.39 Å². The molecule has 2 aromatic rings. The maximum Gasteiger partial charge on any atom is 0.270 e. The van der Waals surface area contributed by atoms with Gasteiger partial charge in [0.15, 0.2) is 11.6 Å². The van der Waals surface area contributed by atoms with Crippen molar-refractivity contribution in [3.63, 3.8) is 0 Å². The number of benzene rings is 1. The van der Waals surface area contributed by atoms with Gasteiger partial charge in [-0.1, -0.05) is 6.07 Å². The summed E-state index contributed by atoms with van der Waals surface area (Å²) in [4.78, 5) is 27.4. The summed E-state index contributed by atoms with van der Waals surface area (Å²) in [5, 5.41) is 2.65. The smallest absolute Gasteiger partial charge is 0.270 e. The number of aryl methyl sites for hydroxylation is 1. The van der Waals surface area contributed by atoms with Crippen LogP contribution in [0.25, 0.3) is 0 Å². The quantitative estimate of drug-likeness (QED) is 0.875. The molecular formula is C16H16FN3O3. The van der Waals surface area contributed by atoms with Crippen molar-refractivity contribution in [2.75, 3.05) is 7.11 Å². The first kappa shape index (κ1) is 16.4. The summed E-state index contributed by atoms with van der Waals surface area (Å²) in [6.45, 7) is 1.82. The number of hydrogen-bond acceptors (Lipinski definition) is 4. The van der Waals surface area contributed by atoms with Crippen LogP contribution in [0.1, 0.15) is 32.1 Å². The Labute approximate surface area is 132 Å². The monoisotopic (exact) mass is 317 g/mol. The maximum absolute atomic E-state index is 13.3. The predicted molar refractivity (Wildman–Crippen MR) is 81.6 cm³/mol. The van der Waals surface area contributed by atoms with E-state index in [1.807, 2.05) is 0 Å². The highest BCUT2D eigenvalue weighted by Crippen LogP contribution is 2.18. The lowest BCUT2D eigenvalue weighted by Gasteiger charge is -2.08. The fourth-order valence-corrected chi connectivity index (χ4v) is 2.01. The predicted octanol–water partition coefficient (Wildman–Crippen LogP) is 1.57. The van der Waals surface area contributed by atoms with E-state index in [2.05, 4.69) is 10.3 Å². The minimum atomic E-state index is -0.632. The SMILES string of the molecule is COc1cc(CNC(=O)c2cc(C(N)=O)cc(C)n2)ccc1F. The lowest BCUT2D eigenvalue weighted by molar-refractivity contribution is 0.0945. The Morgan fingerprint density at radius 1 is 1.30 bits per heavy atom. The van der Waals surface area contributed by atoms with Crippen molar-refractivity contribution in [2.24, 2.45) is 5.73 Å². The Morgan fingerprint density at radius 3 is 2.70 bits per heavy atom. The number of primary amides is 1. The minimum Gasteiger partial charge on any atom is -0.494 e. The number of methoxy groups -OCH3 is 1. The average molecular weight is 317 g/mol. The zero-order valence-electron chi connectivity index (χ0n) is 12.7. The fraction of sp³-hybridized carbons (Fsp3) is 0.188. The Kier molecular flexibility index (Phi) is 4.90. The largest absolute Gasteiger partial charge is 0.494 e. The Morgan fingerprint density at radius 2 is 2.04 bits per heavy atom. The number of aromatic nitrogens is 1. The third-order valence-electron chi connectivity index (χ3n) is 3.14. The van der Waals surface area contributed by atoms with Gasteiger partial charge >= 0.3 is 0 Å². The van der Waals surface area contributed by atoms with Crippen LogP contribution in [-0.2, 0) is 6.54 Å². The van der Waals surface area contributed by atoms with Crippen LogP contribution in [0.15, 0.2) is 30.3 Å². The van der Waals surface area contributed by atoms with Gasteiger partial charge in [0.25, 0.3) is 5.91 Å². The summed E-state index contributed by atoms with van der Waals surface area (Å²) >= 11 is 0. The van der Waals surface area contributed by atoms with Gasteiger partial charge in [0.05, 0.1) is 7.11 Å². The van der Waals surface area contributed by atoms with Crippen LogP contribution in [0.2, 0.25) is 0 Å². The first-order valence-electron chi connectivity index (χ1n) is 6.80. The number of nitrogens with one attached hydrogen (secondary N) is 1.